The highest BCUT2D eigenvalue weighted by molar-refractivity contribution is 7.99. The smallest absolute Gasteiger partial charge is 0.242 e. The number of nitrogens with one attached hydrogen (secondary N) is 1. The van der Waals surface area contributed by atoms with Crippen LogP contribution >= 0.6 is 23.4 Å². The molecule has 2 aromatic carbocycles. The number of hydrogen-bond donors (Lipinski definition) is 1. The average molecular weight is 447 g/mol. The van der Waals surface area contributed by atoms with Gasteiger partial charge in [-0.2, -0.15) is 0 Å². The quantitative estimate of drug-likeness (QED) is 0.470. The lowest BCUT2D eigenvalue weighted by atomic mass is 10.1. The van der Waals surface area contributed by atoms with Crippen LogP contribution in [0.5, 0.6) is 0 Å². The molecule has 0 saturated carbocycles. The zero-order chi connectivity index (χ0) is 21.9. The number of carbonyl (C=O) groups is 2. The van der Waals surface area contributed by atoms with Gasteiger partial charge in [-0.15, -0.1) is 11.8 Å². The van der Waals surface area contributed by atoms with E-state index in [1.807, 2.05) is 61.5 Å². The molecule has 1 N–H and O–H groups in total. The van der Waals surface area contributed by atoms with Crippen molar-refractivity contribution in [1.82, 2.24) is 10.2 Å². The summed E-state index contributed by atoms with van der Waals surface area (Å²) in [6, 6.07) is 17.0. The maximum Gasteiger partial charge on any atom is 0.242 e. The van der Waals surface area contributed by atoms with Gasteiger partial charge in [0.1, 0.15) is 6.04 Å². The van der Waals surface area contributed by atoms with Gasteiger partial charge in [-0.25, -0.2) is 0 Å². The lowest BCUT2D eigenvalue weighted by Gasteiger charge is -2.31. The Bertz CT molecular complexity index is 797. The summed E-state index contributed by atoms with van der Waals surface area (Å²) in [7, 11) is 0. The van der Waals surface area contributed by atoms with E-state index in [0.717, 1.165) is 10.5 Å². The van der Waals surface area contributed by atoms with Gasteiger partial charge in [0.25, 0.3) is 0 Å². The predicted octanol–water partition coefficient (Wildman–Crippen LogP) is 5.40. The Labute approximate surface area is 189 Å². The second-order valence-electron chi connectivity index (χ2n) is 7.62. The van der Waals surface area contributed by atoms with Crippen molar-refractivity contribution in [2.75, 3.05) is 12.3 Å². The van der Waals surface area contributed by atoms with Crippen LogP contribution in [0.1, 0.15) is 39.2 Å². The van der Waals surface area contributed by atoms with Gasteiger partial charge in [-0.1, -0.05) is 62.7 Å². The van der Waals surface area contributed by atoms with E-state index in [1.54, 1.807) is 16.7 Å². The van der Waals surface area contributed by atoms with E-state index in [1.165, 1.54) is 0 Å². The first kappa shape index (κ1) is 24.3. The largest absolute Gasteiger partial charge is 0.354 e. The normalized spacial score (nSPS) is 11.9. The molecule has 0 bridgehead atoms. The highest BCUT2D eigenvalue weighted by Crippen LogP contribution is 2.22. The SMILES string of the molecule is CCC(C(=O)NCC(C)C)N(Cc1ccccc1)C(=O)CCSc1ccc(Cl)cc1. The molecule has 0 aliphatic carbocycles. The number of hydrogen-bond acceptors (Lipinski definition) is 3. The molecule has 0 radical (unpaired) electrons. The van der Waals surface area contributed by atoms with E-state index in [9.17, 15) is 9.59 Å². The van der Waals surface area contributed by atoms with Crippen molar-refractivity contribution in [2.24, 2.45) is 5.92 Å². The molecule has 0 spiro atoms. The lowest BCUT2D eigenvalue weighted by Crippen LogP contribution is -2.49. The van der Waals surface area contributed by atoms with Crippen molar-refractivity contribution in [3.05, 3.63) is 65.2 Å². The fraction of sp³-hybridized carbons (Fsp3) is 0.417. The number of carbonyl (C=O) groups excluding carboxylic acids is 2. The molecule has 0 aliphatic heterocycles. The standard InChI is InChI=1S/C24H31ClN2O2S/c1-4-22(24(29)26-16-18(2)3)27(17-19-8-6-5-7-9-19)23(28)14-15-30-21-12-10-20(25)11-13-21/h5-13,18,22H,4,14-17H2,1-3H3,(H,26,29). The van der Waals surface area contributed by atoms with E-state index < -0.39 is 6.04 Å². The molecule has 0 aliphatic rings. The van der Waals surface area contributed by atoms with E-state index >= 15 is 0 Å². The van der Waals surface area contributed by atoms with Crippen LogP contribution in [0.3, 0.4) is 0 Å². The van der Waals surface area contributed by atoms with Gasteiger partial charge < -0.3 is 10.2 Å². The molecule has 0 fully saturated rings. The molecule has 30 heavy (non-hydrogen) atoms. The third kappa shape index (κ3) is 8.04. The predicted molar refractivity (Wildman–Crippen MR) is 126 cm³/mol. The minimum absolute atomic E-state index is 0.00753. The van der Waals surface area contributed by atoms with Crippen LogP contribution in [0, 0.1) is 5.92 Å². The number of rotatable bonds is 11. The first-order chi connectivity index (χ1) is 14.4. The van der Waals surface area contributed by atoms with Crippen LogP contribution in [-0.4, -0.2) is 35.1 Å². The summed E-state index contributed by atoms with van der Waals surface area (Å²) in [5, 5.41) is 3.69. The topological polar surface area (TPSA) is 49.4 Å². The Morgan fingerprint density at radius 1 is 1.07 bits per heavy atom. The van der Waals surface area contributed by atoms with Crippen molar-refractivity contribution in [1.29, 1.82) is 0 Å². The number of thioether (sulfide) groups is 1. The highest BCUT2D eigenvalue weighted by atomic mass is 35.5. The molecular weight excluding hydrogens is 416 g/mol. The number of amides is 2. The van der Waals surface area contributed by atoms with E-state index in [4.69, 9.17) is 11.6 Å². The second-order valence-corrected chi connectivity index (χ2v) is 9.23. The molecule has 0 saturated heterocycles. The van der Waals surface area contributed by atoms with Crippen LogP contribution in [0.15, 0.2) is 59.5 Å². The fourth-order valence-electron chi connectivity index (χ4n) is 3.05. The van der Waals surface area contributed by atoms with Gasteiger partial charge in [0.05, 0.1) is 0 Å². The monoisotopic (exact) mass is 446 g/mol. The van der Waals surface area contributed by atoms with Crippen molar-refractivity contribution < 1.29 is 9.59 Å². The molecular formula is C24H31ClN2O2S. The molecule has 2 rings (SSSR count). The first-order valence-electron chi connectivity index (χ1n) is 10.4. The van der Waals surface area contributed by atoms with E-state index in [-0.39, 0.29) is 11.8 Å². The highest BCUT2D eigenvalue weighted by Gasteiger charge is 2.28. The van der Waals surface area contributed by atoms with E-state index in [2.05, 4.69) is 19.2 Å². The van der Waals surface area contributed by atoms with Crippen molar-refractivity contribution in [3.63, 3.8) is 0 Å². The van der Waals surface area contributed by atoms with Gasteiger partial charge in [0, 0.05) is 35.2 Å². The van der Waals surface area contributed by atoms with Crippen LogP contribution in [0.2, 0.25) is 5.02 Å². The molecule has 4 nitrogen and oxygen atoms in total. The molecule has 2 amide bonds. The summed E-state index contributed by atoms with van der Waals surface area (Å²) in [5.41, 5.74) is 1.02. The Kier molecular flexibility index (Phi) is 10.2. The third-order valence-electron chi connectivity index (χ3n) is 4.66. The Balaban J connectivity index is 2.07. The summed E-state index contributed by atoms with van der Waals surface area (Å²) in [6.45, 7) is 7.10. The molecule has 1 atom stereocenters. The minimum atomic E-state index is -0.475. The van der Waals surface area contributed by atoms with Crippen LogP contribution in [0.25, 0.3) is 0 Å². The first-order valence-corrected chi connectivity index (χ1v) is 11.8. The van der Waals surface area contributed by atoms with E-state index in [0.29, 0.717) is 42.6 Å². The Morgan fingerprint density at radius 2 is 1.73 bits per heavy atom. The van der Waals surface area contributed by atoms with Crippen LogP contribution in [0.4, 0.5) is 0 Å². The maximum atomic E-state index is 13.1. The molecule has 0 aromatic heterocycles. The van der Waals surface area contributed by atoms with Crippen LogP contribution in [-0.2, 0) is 16.1 Å². The Hall–Kier alpha value is -1.98. The number of benzene rings is 2. The van der Waals surface area contributed by atoms with Crippen molar-refractivity contribution >= 4 is 35.2 Å². The number of nitrogens with zero attached hydrogens (tertiary/aromatic N) is 1. The van der Waals surface area contributed by atoms with Crippen molar-refractivity contribution in [3.8, 4) is 0 Å². The summed E-state index contributed by atoms with van der Waals surface area (Å²) < 4.78 is 0. The molecule has 1 unspecified atom stereocenters. The minimum Gasteiger partial charge on any atom is -0.354 e. The average Bonchev–Trinajstić information content (AvgIpc) is 2.74. The third-order valence-corrected chi connectivity index (χ3v) is 5.93. The zero-order valence-corrected chi connectivity index (χ0v) is 19.5. The summed E-state index contributed by atoms with van der Waals surface area (Å²) in [5.74, 6) is 0.920. The fourth-order valence-corrected chi connectivity index (χ4v) is 4.02. The number of halogens is 1. The second kappa shape index (κ2) is 12.7. The van der Waals surface area contributed by atoms with Gasteiger partial charge >= 0.3 is 0 Å². The molecule has 162 valence electrons. The van der Waals surface area contributed by atoms with Crippen molar-refractivity contribution in [2.45, 2.75) is 51.1 Å². The Morgan fingerprint density at radius 3 is 2.33 bits per heavy atom. The van der Waals surface area contributed by atoms with Gasteiger partial charge in [-0.05, 0) is 42.2 Å². The summed E-state index contributed by atoms with van der Waals surface area (Å²) >= 11 is 7.55. The molecule has 0 heterocycles. The summed E-state index contributed by atoms with van der Waals surface area (Å²) in [4.78, 5) is 28.8. The molecule has 2 aromatic rings. The van der Waals surface area contributed by atoms with Gasteiger partial charge in [0.15, 0.2) is 0 Å². The van der Waals surface area contributed by atoms with Crippen LogP contribution < -0.4 is 5.32 Å². The van der Waals surface area contributed by atoms with Gasteiger partial charge in [-0.3, -0.25) is 9.59 Å². The molecule has 6 heteroatoms. The van der Waals surface area contributed by atoms with Gasteiger partial charge in [0.2, 0.25) is 11.8 Å². The maximum absolute atomic E-state index is 13.1. The summed E-state index contributed by atoms with van der Waals surface area (Å²) in [6.07, 6.45) is 0.945. The lowest BCUT2D eigenvalue weighted by molar-refractivity contribution is -0.141. The zero-order valence-electron chi connectivity index (χ0n) is 17.9.